The number of fused-ring (bicyclic) bond motifs is 1. The monoisotopic (exact) mass is 246 g/mol. The van der Waals surface area contributed by atoms with Crippen molar-refractivity contribution in [2.24, 2.45) is 11.8 Å². The number of hydrogen-bond donors (Lipinski definition) is 2. The van der Waals surface area contributed by atoms with E-state index >= 15 is 0 Å². The van der Waals surface area contributed by atoms with Crippen LogP contribution in [0.25, 0.3) is 11.0 Å². The van der Waals surface area contributed by atoms with Crippen molar-refractivity contribution in [2.45, 2.75) is 19.9 Å². The van der Waals surface area contributed by atoms with E-state index in [-0.39, 0.29) is 11.3 Å². The van der Waals surface area contributed by atoms with Crippen molar-refractivity contribution < 1.29 is 9.90 Å². The summed E-state index contributed by atoms with van der Waals surface area (Å²) in [4.78, 5) is 25.6. The Balaban J connectivity index is 2.14. The average Bonchev–Trinajstić information content (AvgIpc) is 2.92. The van der Waals surface area contributed by atoms with Gasteiger partial charge in [-0.3, -0.25) is 4.57 Å². The number of benzene rings is 1. The quantitative estimate of drug-likeness (QED) is 0.865. The fraction of sp³-hybridized carbons (Fsp3) is 0.385. The molecule has 0 amide bonds. The van der Waals surface area contributed by atoms with Gasteiger partial charge in [0.2, 0.25) is 0 Å². The fourth-order valence-electron chi connectivity index (χ4n) is 2.43. The molecule has 1 heterocycles. The molecular weight excluding hydrogens is 232 g/mol. The summed E-state index contributed by atoms with van der Waals surface area (Å²) in [6.45, 7) is 2.83. The Morgan fingerprint density at radius 1 is 1.56 bits per heavy atom. The molecule has 1 aliphatic carbocycles. The number of carboxylic acids is 1. The highest BCUT2D eigenvalue weighted by molar-refractivity contribution is 6.00. The third-order valence-corrected chi connectivity index (χ3v) is 3.73. The summed E-state index contributed by atoms with van der Waals surface area (Å²) < 4.78 is 1.65. The predicted octanol–water partition coefficient (Wildman–Crippen LogP) is 1.68. The van der Waals surface area contributed by atoms with Crippen LogP contribution in [0.15, 0.2) is 23.0 Å². The van der Waals surface area contributed by atoms with Crippen LogP contribution < -0.4 is 5.69 Å². The van der Waals surface area contributed by atoms with Gasteiger partial charge in [-0.05, 0) is 30.4 Å². The maximum absolute atomic E-state index is 11.9. The van der Waals surface area contributed by atoms with E-state index in [4.69, 9.17) is 5.11 Å². The second kappa shape index (κ2) is 3.73. The number of hydrogen-bond acceptors (Lipinski definition) is 2. The van der Waals surface area contributed by atoms with Crippen LogP contribution in [0.2, 0.25) is 0 Å². The van der Waals surface area contributed by atoms with Crippen LogP contribution >= 0.6 is 0 Å². The molecule has 1 aromatic heterocycles. The van der Waals surface area contributed by atoms with E-state index in [1.54, 1.807) is 16.7 Å². The highest BCUT2D eigenvalue weighted by Crippen LogP contribution is 2.39. The maximum Gasteiger partial charge on any atom is 0.337 e. The third kappa shape index (κ3) is 1.63. The molecule has 0 radical (unpaired) electrons. The van der Waals surface area contributed by atoms with Gasteiger partial charge in [-0.15, -0.1) is 0 Å². The van der Waals surface area contributed by atoms with E-state index in [1.165, 1.54) is 6.07 Å². The van der Waals surface area contributed by atoms with E-state index in [0.29, 0.717) is 29.4 Å². The maximum atomic E-state index is 11.9. The highest BCUT2D eigenvalue weighted by atomic mass is 16.4. The summed E-state index contributed by atoms with van der Waals surface area (Å²) in [5.41, 5.74) is 1.02. The summed E-state index contributed by atoms with van der Waals surface area (Å²) >= 11 is 0. The molecule has 18 heavy (non-hydrogen) atoms. The number of imidazole rings is 1. The standard InChI is InChI=1S/C13H14N2O3/c1-7-5-8(7)6-15-10-4-2-3-9(12(16)17)11(10)14-13(15)18/h2-4,7-8H,5-6H2,1H3,(H,14,18)(H,16,17). The molecule has 1 aromatic carbocycles. The van der Waals surface area contributed by atoms with Crippen molar-refractivity contribution in [3.05, 3.63) is 34.2 Å². The minimum atomic E-state index is -1.02. The number of aromatic amines is 1. The first kappa shape index (κ1) is 11.1. The van der Waals surface area contributed by atoms with Crippen molar-refractivity contribution in [3.63, 3.8) is 0 Å². The predicted molar refractivity (Wildman–Crippen MR) is 66.8 cm³/mol. The molecule has 0 bridgehead atoms. The van der Waals surface area contributed by atoms with Gasteiger partial charge >= 0.3 is 11.7 Å². The lowest BCUT2D eigenvalue weighted by molar-refractivity contribution is 0.0699. The Kier molecular flexibility index (Phi) is 2.29. The number of carbonyl (C=O) groups is 1. The Morgan fingerprint density at radius 3 is 2.89 bits per heavy atom. The fourth-order valence-corrected chi connectivity index (χ4v) is 2.43. The minimum absolute atomic E-state index is 0.146. The Bertz CT molecular complexity index is 683. The van der Waals surface area contributed by atoms with Gasteiger partial charge in [0.15, 0.2) is 0 Å². The summed E-state index contributed by atoms with van der Waals surface area (Å²) in [5.74, 6) is 0.175. The van der Waals surface area contributed by atoms with Gasteiger partial charge in [-0.2, -0.15) is 0 Å². The number of H-pyrrole nitrogens is 1. The van der Waals surface area contributed by atoms with Crippen molar-refractivity contribution >= 4 is 17.0 Å². The van der Waals surface area contributed by atoms with E-state index in [1.807, 2.05) is 0 Å². The van der Waals surface area contributed by atoms with Gasteiger partial charge in [0.05, 0.1) is 16.6 Å². The summed E-state index contributed by atoms with van der Waals surface area (Å²) in [7, 11) is 0. The van der Waals surface area contributed by atoms with Crippen LogP contribution in [0, 0.1) is 11.8 Å². The van der Waals surface area contributed by atoms with Crippen molar-refractivity contribution in [1.29, 1.82) is 0 Å². The molecule has 5 heteroatoms. The molecule has 1 saturated carbocycles. The molecule has 2 N–H and O–H groups in total. The molecule has 2 atom stereocenters. The molecule has 5 nitrogen and oxygen atoms in total. The largest absolute Gasteiger partial charge is 0.478 e. The molecule has 0 aliphatic heterocycles. The Hall–Kier alpha value is -2.04. The highest BCUT2D eigenvalue weighted by Gasteiger charge is 2.33. The normalized spacial score (nSPS) is 22.3. The number of aromatic nitrogens is 2. The number of carboxylic acid groups (broad SMARTS) is 1. The number of nitrogens with one attached hydrogen (secondary N) is 1. The first-order valence-electron chi connectivity index (χ1n) is 6.02. The van der Waals surface area contributed by atoms with Crippen molar-refractivity contribution in [1.82, 2.24) is 9.55 Å². The van der Waals surface area contributed by atoms with Crippen LogP contribution in [0.3, 0.4) is 0 Å². The Labute approximate surface area is 103 Å². The second-order valence-electron chi connectivity index (χ2n) is 5.02. The zero-order valence-electron chi connectivity index (χ0n) is 10.0. The van der Waals surface area contributed by atoms with Crippen molar-refractivity contribution in [3.8, 4) is 0 Å². The van der Waals surface area contributed by atoms with Crippen LogP contribution in [0.5, 0.6) is 0 Å². The van der Waals surface area contributed by atoms with Gasteiger partial charge in [0.1, 0.15) is 0 Å². The number of aromatic carboxylic acids is 1. The number of rotatable bonds is 3. The molecule has 2 aromatic rings. The summed E-state index contributed by atoms with van der Waals surface area (Å²) in [5, 5.41) is 9.09. The molecule has 0 saturated heterocycles. The molecule has 3 rings (SSSR count). The molecule has 0 spiro atoms. The van der Waals surface area contributed by atoms with E-state index in [9.17, 15) is 9.59 Å². The summed E-state index contributed by atoms with van der Waals surface area (Å²) in [6, 6.07) is 4.96. The number of para-hydroxylation sites is 1. The van der Waals surface area contributed by atoms with E-state index < -0.39 is 5.97 Å². The zero-order chi connectivity index (χ0) is 12.9. The molecule has 94 valence electrons. The van der Waals surface area contributed by atoms with Gasteiger partial charge in [-0.1, -0.05) is 13.0 Å². The van der Waals surface area contributed by atoms with Gasteiger partial charge in [-0.25, -0.2) is 9.59 Å². The first-order valence-corrected chi connectivity index (χ1v) is 6.02. The van der Waals surface area contributed by atoms with Gasteiger partial charge < -0.3 is 10.1 Å². The van der Waals surface area contributed by atoms with Crippen LogP contribution in [-0.4, -0.2) is 20.6 Å². The Morgan fingerprint density at radius 2 is 2.28 bits per heavy atom. The van der Waals surface area contributed by atoms with Crippen LogP contribution in [0.1, 0.15) is 23.7 Å². The molecule has 2 unspecified atom stereocenters. The lowest BCUT2D eigenvalue weighted by Gasteiger charge is -2.02. The zero-order valence-corrected chi connectivity index (χ0v) is 10.0. The topological polar surface area (TPSA) is 75.1 Å². The van der Waals surface area contributed by atoms with Gasteiger partial charge in [0.25, 0.3) is 0 Å². The smallest absolute Gasteiger partial charge is 0.337 e. The SMILES string of the molecule is CC1CC1Cn1c(=O)[nH]c2c(C(=O)O)cccc21. The molecule has 1 fully saturated rings. The van der Waals surface area contributed by atoms with Crippen LogP contribution in [0.4, 0.5) is 0 Å². The van der Waals surface area contributed by atoms with Crippen molar-refractivity contribution in [2.75, 3.05) is 0 Å². The second-order valence-corrected chi connectivity index (χ2v) is 5.02. The lowest BCUT2D eigenvalue weighted by atomic mass is 10.2. The molecular formula is C13H14N2O3. The van der Waals surface area contributed by atoms with E-state index in [0.717, 1.165) is 6.42 Å². The molecule has 1 aliphatic rings. The third-order valence-electron chi connectivity index (χ3n) is 3.73. The first-order chi connectivity index (χ1) is 8.58. The summed E-state index contributed by atoms with van der Waals surface area (Å²) in [6.07, 6.45) is 1.14. The van der Waals surface area contributed by atoms with Crippen LogP contribution in [-0.2, 0) is 6.54 Å². The minimum Gasteiger partial charge on any atom is -0.478 e. The number of nitrogens with zero attached hydrogens (tertiary/aromatic N) is 1. The average molecular weight is 246 g/mol. The van der Waals surface area contributed by atoms with E-state index in [2.05, 4.69) is 11.9 Å². The van der Waals surface area contributed by atoms with Gasteiger partial charge in [0, 0.05) is 6.54 Å². The lowest BCUT2D eigenvalue weighted by Crippen LogP contribution is -2.17.